The van der Waals surface area contributed by atoms with Crippen LogP contribution in [-0.4, -0.2) is 11.8 Å². The van der Waals surface area contributed by atoms with Crippen molar-refractivity contribution >= 4 is 12.4 Å². The van der Waals surface area contributed by atoms with Crippen LogP contribution in [0.2, 0.25) is 0 Å². The summed E-state index contributed by atoms with van der Waals surface area (Å²) in [7, 11) is 0. The van der Waals surface area contributed by atoms with Crippen LogP contribution in [0, 0.1) is 0 Å². The fourth-order valence-corrected chi connectivity index (χ4v) is 2.47. The largest absolute Gasteiger partial charge is 0.269 e. The molecule has 0 fully saturated rings. The Morgan fingerprint density at radius 2 is 0.923 bits per heavy atom. The average molecular weight is 370 g/mol. The molecule has 0 heterocycles. The van der Waals surface area contributed by atoms with E-state index in [1.807, 2.05) is 66.7 Å². The lowest BCUT2D eigenvalue weighted by Crippen LogP contribution is -2.26. The Balaban J connectivity index is 0.00000243. The first-order chi connectivity index (χ1) is 12.4. The first-order valence-electron chi connectivity index (χ1n) is 8.55. The summed E-state index contributed by atoms with van der Waals surface area (Å²) in [6.45, 7) is 1.65. The van der Waals surface area contributed by atoms with Crippen LogP contribution in [0.4, 0.5) is 0 Å². The van der Waals surface area contributed by atoms with E-state index in [9.17, 15) is 0 Å². The molecular formula is C22H24ClNO2. The van der Waals surface area contributed by atoms with Gasteiger partial charge in [0, 0.05) is 0 Å². The maximum atomic E-state index is 5.88. The van der Waals surface area contributed by atoms with Gasteiger partial charge in [0.1, 0.15) is 0 Å². The molecule has 0 aromatic heterocycles. The summed E-state index contributed by atoms with van der Waals surface area (Å²) < 4.78 is 0. The lowest BCUT2D eigenvalue weighted by Gasteiger charge is -2.21. The molecule has 0 saturated carbocycles. The fourth-order valence-electron chi connectivity index (χ4n) is 2.47. The number of hydrogen-bond donors (Lipinski definition) is 0. The van der Waals surface area contributed by atoms with Gasteiger partial charge < -0.3 is 0 Å². The maximum absolute atomic E-state index is 5.88. The van der Waals surface area contributed by atoms with Gasteiger partial charge >= 0.3 is 0 Å². The zero-order valence-corrected chi connectivity index (χ0v) is 15.5. The standard InChI is InChI=1S/C22H23NO2.ClH/c1-4-10-20(11-5-1)16-17-23(24-18-21-12-6-2-7-13-21)25-19-22-14-8-3-9-15-22;/h1-15H,16-19H2;1H. The number of nitrogens with zero attached hydrogens (tertiary/aromatic N) is 1. The van der Waals surface area contributed by atoms with Crippen LogP contribution in [0.15, 0.2) is 91.0 Å². The molecule has 4 heteroatoms. The molecule has 3 rings (SSSR count). The summed E-state index contributed by atoms with van der Waals surface area (Å²) in [5.41, 5.74) is 3.50. The van der Waals surface area contributed by atoms with Gasteiger partial charge in [0.25, 0.3) is 0 Å². The summed E-state index contributed by atoms with van der Waals surface area (Å²) in [6.07, 6.45) is 0.865. The predicted molar refractivity (Wildman–Crippen MR) is 107 cm³/mol. The third-order valence-corrected chi connectivity index (χ3v) is 3.86. The van der Waals surface area contributed by atoms with E-state index in [2.05, 4.69) is 24.3 Å². The molecule has 26 heavy (non-hydrogen) atoms. The van der Waals surface area contributed by atoms with Gasteiger partial charge in [0.05, 0.1) is 19.8 Å². The molecule has 0 bridgehead atoms. The molecular weight excluding hydrogens is 346 g/mol. The average Bonchev–Trinajstić information content (AvgIpc) is 2.70. The predicted octanol–water partition coefficient (Wildman–Crippen LogP) is 5.22. The number of halogens is 1. The van der Waals surface area contributed by atoms with Gasteiger partial charge in [-0.1, -0.05) is 96.2 Å². The molecule has 0 aliphatic carbocycles. The van der Waals surface area contributed by atoms with E-state index >= 15 is 0 Å². The van der Waals surface area contributed by atoms with Crippen molar-refractivity contribution in [3.63, 3.8) is 0 Å². The van der Waals surface area contributed by atoms with Crippen LogP contribution in [-0.2, 0) is 29.3 Å². The van der Waals surface area contributed by atoms with Crippen LogP contribution >= 0.6 is 12.4 Å². The van der Waals surface area contributed by atoms with Gasteiger partial charge in [-0.2, -0.15) is 0 Å². The number of benzene rings is 3. The molecule has 0 unspecified atom stereocenters. The molecule has 0 N–H and O–H groups in total. The minimum absolute atomic E-state index is 0. The summed E-state index contributed by atoms with van der Waals surface area (Å²) in [5.74, 6) is 0. The van der Waals surface area contributed by atoms with Crippen LogP contribution in [0.3, 0.4) is 0 Å². The Morgan fingerprint density at radius 1 is 0.538 bits per heavy atom. The van der Waals surface area contributed by atoms with E-state index in [-0.39, 0.29) is 12.4 Å². The SMILES string of the molecule is Cl.c1ccc(CCN(OCc2ccccc2)OCc2ccccc2)cc1. The highest BCUT2D eigenvalue weighted by molar-refractivity contribution is 5.85. The van der Waals surface area contributed by atoms with Crippen molar-refractivity contribution in [3.8, 4) is 0 Å². The normalized spacial score (nSPS) is 10.5. The number of hydrogen-bond acceptors (Lipinski definition) is 3. The highest BCUT2D eigenvalue weighted by Crippen LogP contribution is 2.09. The molecule has 136 valence electrons. The lowest BCUT2D eigenvalue weighted by molar-refractivity contribution is -0.379. The fraction of sp³-hybridized carbons (Fsp3) is 0.182. The molecule has 0 amide bonds. The minimum atomic E-state index is 0. The van der Waals surface area contributed by atoms with Crippen LogP contribution in [0.5, 0.6) is 0 Å². The van der Waals surface area contributed by atoms with E-state index in [0.717, 1.165) is 17.5 Å². The second-order valence-electron chi connectivity index (χ2n) is 5.81. The number of hydroxylamine groups is 2. The molecule has 0 radical (unpaired) electrons. The summed E-state index contributed by atoms with van der Waals surface area (Å²) in [6, 6.07) is 30.6. The highest BCUT2D eigenvalue weighted by atomic mass is 35.5. The van der Waals surface area contributed by atoms with Crippen molar-refractivity contribution in [2.24, 2.45) is 0 Å². The Bertz CT molecular complexity index is 619. The maximum Gasteiger partial charge on any atom is 0.0962 e. The zero-order valence-electron chi connectivity index (χ0n) is 14.7. The summed E-state index contributed by atoms with van der Waals surface area (Å²) in [4.78, 5) is 11.8. The second-order valence-corrected chi connectivity index (χ2v) is 5.81. The number of rotatable bonds is 9. The third kappa shape index (κ3) is 6.98. The van der Waals surface area contributed by atoms with Crippen molar-refractivity contribution in [1.82, 2.24) is 5.23 Å². The van der Waals surface area contributed by atoms with Crippen molar-refractivity contribution in [3.05, 3.63) is 108 Å². The molecule has 0 atom stereocenters. The molecule has 0 aliphatic rings. The van der Waals surface area contributed by atoms with Gasteiger partial charge in [0.2, 0.25) is 0 Å². The van der Waals surface area contributed by atoms with Crippen LogP contribution in [0.25, 0.3) is 0 Å². The molecule has 0 aliphatic heterocycles. The second kappa shape index (κ2) is 11.4. The van der Waals surface area contributed by atoms with Crippen molar-refractivity contribution in [1.29, 1.82) is 0 Å². The van der Waals surface area contributed by atoms with E-state index in [1.54, 1.807) is 5.23 Å². The van der Waals surface area contributed by atoms with Crippen molar-refractivity contribution in [2.45, 2.75) is 19.6 Å². The Labute approximate surface area is 161 Å². The van der Waals surface area contributed by atoms with Gasteiger partial charge in [0.15, 0.2) is 0 Å². The monoisotopic (exact) mass is 369 g/mol. The van der Waals surface area contributed by atoms with Gasteiger partial charge in [-0.25, -0.2) is 0 Å². The van der Waals surface area contributed by atoms with Crippen molar-refractivity contribution < 1.29 is 9.68 Å². The highest BCUT2D eigenvalue weighted by Gasteiger charge is 2.08. The Morgan fingerprint density at radius 3 is 1.35 bits per heavy atom. The van der Waals surface area contributed by atoms with E-state index in [0.29, 0.717) is 19.8 Å². The molecule has 0 spiro atoms. The topological polar surface area (TPSA) is 21.7 Å². The first-order valence-corrected chi connectivity index (χ1v) is 8.55. The lowest BCUT2D eigenvalue weighted by atomic mass is 10.2. The molecule has 3 aromatic rings. The van der Waals surface area contributed by atoms with E-state index in [1.165, 1.54) is 5.56 Å². The van der Waals surface area contributed by atoms with E-state index in [4.69, 9.17) is 9.68 Å². The first kappa shape index (κ1) is 20.1. The molecule has 3 nitrogen and oxygen atoms in total. The van der Waals surface area contributed by atoms with E-state index < -0.39 is 0 Å². The minimum Gasteiger partial charge on any atom is -0.269 e. The van der Waals surface area contributed by atoms with Crippen molar-refractivity contribution in [2.75, 3.05) is 6.54 Å². The summed E-state index contributed by atoms with van der Waals surface area (Å²) >= 11 is 0. The van der Waals surface area contributed by atoms with Gasteiger partial charge in [-0.05, 0) is 23.1 Å². The smallest absolute Gasteiger partial charge is 0.0962 e. The van der Waals surface area contributed by atoms with Crippen LogP contribution < -0.4 is 0 Å². The molecule has 3 aromatic carbocycles. The Kier molecular flexibility index (Phi) is 8.87. The molecule has 0 saturated heterocycles. The summed E-state index contributed by atoms with van der Waals surface area (Å²) in [5, 5.41) is 1.60. The third-order valence-electron chi connectivity index (χ3n) is 3.86. The van der Waals surface area contributed by atoms with Gasteiger partial charge in [-0.15, -0.1) is 12.4 Å². The van der Waals surface area contributed by atoms with Gasteiger partial charge in [-0.3, -0.25) is 9.68 Å². The Hall–Kier alpha value is -2.17. The quantitative estimate of drug-likeness (QED) is 0.483. The van der Waals surface area contributed by atoms with Crippen LogP contribution in [0.1, 0.15) is 16.7 Å². The zero-order chi connectivity index (χ0) is 17.2.